The third kappa shape index (κ3) is 3.79. The van der Waals surface area contributed by atoms with E-state index in [0.29, 0.717) is 16.6 Å². The summed E-state index contributed by atoms with van der Waals surface area (Å²) in [6.45, 7) is -4.52. The Labute approximate surface area is 196 Å². The quantitative estimate of drug-likeness (QED) is 0.423. The maximum Gasteiger partial charge on any atom is 0.280 e. The zero-order chi connectivity index (χ0) is 27.4. The molecule has 0 unspecified atom stereocenters. The predicted octanol–water partition coefficient (Wildman–Crippen LogP) is 3.01. The van der Waals surface area contributed by atoms with Gasteiger partial charge in [-0.2, -0.15) is 4.98 Å². The lowest BCUT2D eigenvalue weighted by molar-refractivity contribution is -0.0675. The number of hydrogen-bond acceptors (Lipinski definition) is 7. The first-order valence-electron chi connectivity index (χ1n) is 12.4. The van der Waals surface area contributed by atoms with Crippen LogP contribution in [-0.2, 0) is 6.54 Å². The molecule has 0 amide bonds. The zero-order valence-corrected chi connectivity index (χ0v) is 17.9. The number of nitrogens with zero attached hydrogens (tertiary/aromatic N) is 7. The van der Waals surface area contributed by atoms with Gasteiger partial charge in [-0.3, -0.25) is 0 Å². The van der Waals surface area contributed by atoms with E-state index in [1.54, 1.807) is 12.1 Å². The van der Waals surface area contributed by atoms with Crippen molar-refractivity contribution in [1.82, 2.24) is 34.5 Å². The number of halogens is 4. The predicted molar refractivity (Wildman–Crippen MR) is 116 cm³/mol. The van der Waals surface area contributed by atoms with E-state index in [9.17, 15) is 13.2 Å². The van der Waals surface area contributed by atoms with E-state index in [2.05, 4.69) is 25.7 Å². The molecular weight excluding hydrogens is 456 g/mol. The lowest BCUT2D eigenvalue weighted by Crippen LogP contribution is -2.53. The van der Waals surface area contributed by atoms with Gasteiger partial charge in [-0.15, -0.1) is 10.2 Å². The standard InChI is InChI=1S/C21H22F4N8O/c1-31-7-5-16(21(24,25)11-31)26-20-27-19(34-2)18-17(13(23)10-33(18)29-20)12-3-4-14-15(9-12)32(8-6-22)30-28-14/h3-4,9-10,16H,5-8,11H2,1-2H3,(H,26,29)/t16-/m1/s1/i1D3,10D. The average molecular weight is 482 g/mol. The molecule has 1 saturated heterocycles. The second kappa shape index (κ2) is 8.38. The van der Waals surface area contributed by atoms with Crippen LogP contribution in [0.25, 0.3) is 27.7 Å². The number of anilines is 1. The van der Waals surface area contributed by atoms with Crippen LogP contribution in [0.3, 0.4) is 0 Å². The van der Waals surface area contributed by atoms with Gasteiger partial charge in [0, 0.05) is 10.7 Å². The van der Waals surface area contributed by atoms with Gasteiger partial charge in [0.2, 0.25) is 11.8 Å². The van der Waals surface area contributed by atoms with Gasteiger partial charge in [-0.05, 0) is 31.1 Å². The Bertz CT molecular complexity index is 1510. The van der Waals surface area contributed by atoms with Crippen LogP contribution in [0.4, 0.5) is 23.5 Å². The third-order valence-electron chi connectivity index (χ3n) is 5.67. The Balaban J connectivity index is 1.55. The number of nitrogens with one attached hydrogen (secondary N) is 1. The molecule has 1 fully saturated rings. The molecule has 1 N–H and O–H groups in total. The number of aryl methyl sites for hydroxylation is 1. The zero-order valence-electron chi connectivity index (χ0n) is 21.9. The number of piperidine rings is 1. The molecule has 5 rings (SSSR count). The highest BCUT2D eigenvalue weighted by molar-refractivity contribution is 5.89. The Hall–Kier alpha value is -3.48. The molecule has 4 aromatic rings. The molecule has 180 valence electrons. The van der Waals surface area contributed by atoms with Crippen LogP contribution in [0.1, 0.15) is 11.9 Å². The Morgan fingerprint density at radius 2 is 2.24 bits per heavy atom. The molecule has 13 heteroatoms. The van der Waals surface area contributed by atoms with Crippen molar-refractivity contribution in [2.24, 2.45) is 0 Å². The second-order valence-corrected chi connectivity index (χ2v) is 7.88. The first-order valence-corrected chi connectivity index (χ1v) is 10.4. The maximum absolute atomic E-state index is 15.4. The van der Waals surface area contributed by atoms with Crippen molar-refractivity contribution in [2.45, 2.75) is 24.9 Å². The molecule has 0 aliphatic carbocycles. The van der Waals surface area contributed by atoms with Crippen LogP contribution in [-0.4, -0.2) is 80.3 Å². The number of alkyl halides is 3. The fraction of sp³-hybridized carbons (Fsp3) is 0.429. The number of fused-ring (bicyclic) bond motifs is 2. The molecular formula is C21H22F4N8O. The molecule has 9 nitrogen and oxygen atoms in total. The van der Waals surface area contributed by atoms with Crippen LogP contribution >= 0.6 is 0 Å². The monoisotopic (exact) mass is 482 g/mol. The van der Waals surface area contributed by atoms with E-state index in [1.165, 1.54) is 17.9 Å². The van der Waals surface area contributed by atoms with Crippen molar-refractivity contribution in [3.05, 3.63) is 30.2 Å². The van der Waals surface area contributed by atoms with Gasteiger partial charge in [0.1, 0.15) is 17.7 Å². The van der Waals surface area contributed by atoms with E-state index < -0.39 is 44.1 Å². The first-order chi connectivity index (χ1) is 17.9. The highest BCUT2D eigenvalue weighted by atomic mass is 19.3. The van der Waals surface area contributed by atoms with Crippen LogP contribution < -0.4 is 10.1 Å². The van der Waals surface area contributed by atoms with Gasteiger partial charge < -0.3 is 15.0 Å². The summed E-state index contributed by atoms with van der Waals surface area (Å²) < 4.78 is 96.0. The molecule has 0 radical (unpaired) electrons. The molecule has 1 aromatic carbocycles. The highest BCUT2D eigenvalue weighted by Gasteiger charge is 2.44. The van der Waals surface area contributed by atoms with Gasteiger partial charge in [0.05, 0.1) is 44.9 Å². The lowest BCUT2D eigenvalue weighted by atomic mass is 10.0. The lowest BCUT2D eigenvalue weighted by Gasteiger charge is -2.36. The molecule has 0 saturated carbocycles. The van der Waals surface area contributed by atoms with Crippen LogP contribution in [0.5, 0.6) is 5.88 Å². The smallest absolute Gasteiger partial charge is 0.280 e. The number of aromatic nitrogens is 6. The summed E-state index contributed by atoms with van der Waals surface area (Å²) in [6.07, 6.45) is -0.896. The summed E-state index contributed by atoms with van der Waals surface area (Å²) in [5, 5.41) is 14.4. The van der Waals surface area contributed by atoms with Gasteiger partial charge in [-0.25, -0.2) is 26.8 Å². The van der Waals surface area contributed by atoms with Gasteiger partial charge in [-0.1, -0.05) is 11.3 Å². The summed E-state index contributed by atoms with van der Waals surface area (Å²) in [6, 6.07) is 3.13. The van der Waals surface area contributed by atoms with E-state index in [4.69, 9.17) is 10.2 Å². The average Bonchev–Trinajstić information content (AvgIpc) is 3.37. The number of methoxy groups -OCH3 is 1. The number of hydrogen-bond donors (Lipinski definition) is 1. The molecule has 3 aromatic heterocycles. The first kappa shape index (κ1) is 17.9. The molecule has 4 heterocycles. The SMILES string of the molecule is [2H]c1c(F)c(-c2ccc3nnn(CCF)c3c2)c2c(OC)nc(N[C@@H]3CCN(C([2H])([2H])[2H])CC3(F)F)nn12. The second-order valence-electron chi connectivity index (χ2n) is 7.88. The minimum Gasteiger partial charge on any atom is -0.479 e. The van der Waals surface area contributed by atoms with Crippen molar-refractivity contribution in [3.8, 4) is 17.0 Å². The number of benzene rings is 1. The van der Waals surface area contributed by atoms with Gasteiger partial charge in [0.25, 0.3) is 5.92 Å². The highest BCUT2D eigenvalue weighted by Crippen LogP contribution is 2.36. The van der Waals surface area contributed by atoms with E-state index >= 15 is 4.39 Å². The van der Waals surface area contributed by atoms with Crippen LogP contribution in [0.2, 0.25) is 0 Å². The minimum absolute atomic E-state index is 0.0200. The number of rotatable bonds is 6. The Morgan fingerprint density at radius 1 is 1.38 bits per heavy atom. The van der Waals surface area contributed by atoms with Gasteiger partial charge in [0.15, 0.2) is 5.82 Å². The Morgan fingerprint density at radius 3 is 2.97 bits per heavy atom. The van der Waals surface area contributed by atoms with E-state index in [1.807, 2.05) is 0 Å². The summed E-state index contributed by atoms with van der Waals surface area (Å²) in [5.41, 5.74) is 1.09. The topological polar surface area (TPSA) is 85.4 Å². The molecule has 1 aliphatic heterocycles. The Kier molecular flexibility index (Phi) is 4.42. The molecule has 1 atom stereocenters. The molecule has 0 bridgehead atoms. The van der Waals surface area contributed by atoms with Crippen molar-refractivity contribution < 1.29 is 27.8 Å². The molecule has 34 heavy (non-hydrogen) atoms. The van der Waals surface area contributed by atoms with E-state index in [0.717, 1.165) is 9.42 Å². The number of likely N-dealkylation sites (tertiary alicyclic amines) is 1. The fourth-order valence-electron chi connectivity index (χ4n) is 4.06. The summed E-state index contributed by atoms with van der Waals surface area (Å²) >= 11 is 0. The normalized spacial score (nSPS) is 20.7. The van der Waals surface area contributed by atoms with Crippen LogP contribution in [0, 0.1) is 5.82 Å². The van der Waals surface area contributed by atoms with E-state index in [-0.39, 0.29) is 42.4 Å². The van der Waals surface area contributed by atoms with Crippen molar-refractivity contribution in [2.75, 3.05) is 39.2 Å². The van der Waals surface area contributed by atoms with Crippen molar-refractivity contribution in [1.29, 1.82) is 0 Å². The van der Waals surface area contributed by atoms with Crippen LogP contribution in [0.15, 0.2) is 24.4 Å². The summed E-state index contributed by atoms with van der Waals surface area (Å²) in [4.78, 5) is 4.85. The third-order valence-corrected chi connectivity index (χ3v) is 5.67. The van der Waals surface area contributed by atoms with Crippen molar-refractivity contribution in [3.63, 3.8) is 0 Å². The summed E-state index contributed by atoms with van der Waals surface area (Å²) in [5.74, 6) is -4.94. The summed E-state index contributed by atoms with van der Waals surface area (Å²) in [7, 11) is 1.25. The number of ether oxygens (including phenoxy) is 1. The van der Waals surface area contributed by atoms with Gasteiger partial charge >= 0.3 is 0 Å². The largest absolute Gasteiger partial charge is 0.479 e. The minimum atomic E-state index is -3.44. The molecule has 1 aliphatic rings. The fourth-order valence-corrected chi connectivity index (χ4v) is 4.06. The van der Waals surface area contributed by atoms with Crippen molar-refractivity contribution >= 4 is 22.5 Å². The maximum atomic E-state index is 15.4. The molecule has 0 spiro atoms.